The number of hydrogen-bond acceptors (Lipinski definition) is 3. The second-order valence-electron chi connectivity index (χ2n) is 7.02. The van der Waals surface area contributed by atoms with E-state index < -0.39 is 0 Å². The van der Waals surface area contributed by atoms with Crippen LogP contribution in [0, 0.1) is 17.8 Å². The number of nitrogens with one attached hydrogen (secondary N) is 1. The Morgan fingerprint density at radius 3 is 2.37 bits per heavy atom. The molecule has 0 spiro atoms. The molecule has 0 aromatic carbocycles. The number of likely N-dealkylation sites (tertiary alicyclic amines) is 1. The lowest BCUT2D eigenvalue weighted by Gasteiger charge is -2.45. The number of amides is 1. The van der Waals surface area contributed by atoms with Gasteiger partial charge in [-0.15, -0.1) is 0 Å². The predicted octanol–water partition coefficient (Wildman–Crippen LogP) is 1.45. The first kappa shape index (κ1) is 16.4. The number of carbonyl (C=O) groups excluding carboxylic acids is 1. The molecule has 1 aliphatic rings. The molecular formula is C15H31N3O. The third-order valence-corrected chi connectivity index (χ3v) is 4.22. The fourth-order valence-corrected chi connectivity index (χ4v) is 2.85. The summed E-state index contributed by atoms with van der Waals surface area (Å²) in [5, 5.41) is 3.04. The lowest BCUT2D eigenvalue weighted by atomic mass is 9.88. The molecule has 1 heterocycles. The van der Waals surface area contributed by atoms with Crippen LogP contribution in [0.3, 0.4) is 0 Å². The zero-order chi connectivity index (χ0) is 14.6. The van der Waals surface area contributed by atoms with Gasteiger partial charge in [0.25, 0.3) is 0 Å². The van der Waals surface area contributed by atoms with E-state index in [0.717, 1.165) is 24.9 Å². The molecule has 19 heavy (non-hydrogen) atoms. The summed E-state index contributed by atoms with van der Waals surface area (Å²) < 4.78 is 0. The Labute approximate surface area is 118 Å². The Balaban J connectivity index is 2.52. The summed E-state index contributed by atoms with van der Waals surface area (Å²) in [4.78, 5) is 14.3. The van der Waals surface area contributed by atoms with Crippen LogP contribution in [0.4, 0.5) is 0 Å². The van der Waals surface area contributed by atoms with E-state index in [-0.39, 0.29) is 17.4 Å². The van der Waals surface area contributed by atoms with Gasteiger partial charge in [0.1, 0.15) is 0 Å². The molecule has 0 aromatic heterocycles. The van der Waals surface area contributed by atoms with E-state index in [0.29, 0.717) is 13.1 Å². The molecule has 112 valence electrons. The van der Waals surface area contributed by atoms with Gasteiger partial charge < -0.3 is 11.1 Å². The highest BCUT2D eigenvalue weighted by molar-refractivity contribution is 5.78. The lowest BCUT2D eigenvalue weighted by molar-refractivity contribution is -0.124. The average Bonchev–Trinajstić information content (AvgIpc) is 2.33. The maximum Gasteiger partial charge on any atom is 0.224 e. The first-order chi connectivity index (χ1) is 8.76. The van der Waals surface area contributed by atoms with Crippen molar-refractivity contribution in [1.82, 2.24) is 10.2 Å². The molecule has 0 radical (unpaired) electrons. The van der Waals surface area contributed by atoms with Crippen molar-refractivity contribution in [3.05, 3.63) is 0 Å². The summed E-state index contributed by atoms with van der Waals surface area (Å²) in [6, 6.07) is 0. The van der Waals surface area contributed by atoms with Crippen LogP contribution in [-0.2, 0) is 4.79 Å². The Bertz CT molecular complexity index is 294. The molecule has 0 bridgehead atoms. The van der Waals surface area contributed by atoms with E-state index in [2.05, 4.69) is 37.9 Å². The first-order valence-electron chi connectivity index (χ1n) is 7.49. The minimum absolute atomic E-state index is 0.00686. The molecule has 0 aliphatic carbocycles. The monoisotopic (exact) mass is 269 g/mol. The maximum atomic E-state index is 11.8. The van der Waals surface area contributed by atoms with Gasteiger partial charge in [0.15, 0.2) is 0 Å². The largest absolute Gasteiger partial charge is 0.354 e. The number of carbonyl (C=O) groups is 1. The van der Waals surface area contributed by atoms with Gasteiger partial charge in [-0.1, -0.05) is 20.8 Å². The third kappa shape index (κ3) is 4.77. The summed E-state index contributed by atoms with van der Waals surface area (Å²) in [6.07, 6.45) is 1.31. The fraction of sp³-hybridized carbons (Fsp3) is 0.933. The Hall–Kier alpha value is -0.610. The number of nitrogens with two attached hydrogens (primary N) is 1. The summed E-state index contributed by atoms with van der Waals surface area (Å²) in [5.41, 5.74) is 5.53. The second-order valence-corrected chi connectivity index (χ2v) is 7.02. The van der Waals surface area contributed by atoms with Crippen LogP contribution >= 0.6 is 0 Å². The van der Waals surface area contributed by atoms with E-state index in [1.165, 1.54) is 6.42 Å². The van der Waals surface area contributed by atoms with Crippen molar-refractivity contribution >= 4 is 5.91 Å². The topological polar surface area (TPSA) is 58.4 Å². The SMILES string of the molecule is CC1CC(C)CN(C(C)(C)CNC(=O)C(C)CN)C1. The zero-order valence-electron chi connectivity index (χ0n) is 13.2. The molecule has 4 nitrogen and oxygen atoms in total. The first-order valence-corrected chi connectivity index (χ1v) is 7.49. The molecule has 0 saturated carbocycles. The van der Waals surface area contributed by atoms with Crippen LogP contribution in [0.25, 0.3) is 0 Å². The van der Waals surface area contributed by atoms with Crippen molar-refractivity contribution in [2.75, 3.05) is 26.2 Å². The minimum atomic E-state index is -0.102. The molecule has 1 aliphatic heterocycles. The van der Waals surface area contributed by atoms with Crippen molar-refractivity contribution in [3.63, 3.8) is 0 Å². The smallest absolute Gasteiger partial charge is 0.224 e. The molecule has 3 N–H and O–H groups in total. The van der Waals surface area contributed by atoms with Gasteiger partial charge in [-0.25, -0.2) is 0 Å². The minimum Gasteiger partial charge on any atom is -0.354 e. The highest BCUT2D eigenvalue weighted by Crippen LogP contribution is 2.26. The average molecular weight is 269 g/mol. The van der Waals surface area contributed by atoms with Gasteiger partial charge in [-0.2, -0.15) is 0 Å². The fourth-order valence-electron chi connectivity index (χ4n) is 2.85. The van der Waals surface area contributed by atoms with Crippen LogP contribution in [0.5, 0.6) is 0 Å². The Morgan fingerprint density at radius 2 is 1.89 bits per heavy atom. The van der Waals surface area contributed by atoms with Crippen molar-refractivity contribution in [3.8, 4) is 0 Å². The van der Waals surface area contributed by atoms with Gasteiger partial charge in [-0.05, 0) is 32.1 Å². The van der Waals surface area contributed by atoms with Crippen LogP contribution in [-0.4, -0.2) is 42.5 Å². The van der Waals surface area contributed by atoms with E-state index >= 15 is 0 Å². The molecule has 1 saturated heterocycles. The summed E-state index contributed by atoms with van der Waals surface area (Å²) >= 11 is 0. The molecule has 0 aromatic rings. The van der Waals surface area contributed by atoms with E-state index in [4.69, 9.17) is 5.73 Å². The summed E-state index contributed by atoms with van der Waals surface area (Å²) in [6.45, 7) is 14.3. The molecule has 3 unspecified atom stereocenters. The van der Waals surface area contributed by atoms with Gasteiger partial charge in [0.2, 0.25) is 5.91 Å². The van der Waals surface area contributed by atoms with Gasteiger partial charge in [0.05, 0.1) is 0 Å². The van der Waals surface area contributed by atoms with Gasteiger partial charge in [-0.3, -0.25) is 9.69 Å². The van der Waals surface area contributed by atoms with E-state index in [1.807, 2.05) is 6.92 Å². The summed E-state index contributed by atoms with van der Waals surface area (Å²) in [5.74, 6) is 1.44. The maximum absolute atomic E-state index is 11.8. The number of nitrogens with zero attached hydrogens (tertiary/aromatic N) is 1. The molecule has 3 atom stereocenters. The highest BCUT2D eigenvalue weighted by atomic mass is 16.1. The molecule has 4 heteroatoms. The normalized spacial score (nSPS) is 27.1. The molecule has 1 fully saturated rings. The van der Waals surface area contributed by atoms with Crippen molar-refractivity contribution < 1.29 is 4.79 Å². The van der Waals surface area contributed by atoms with E-state index in [9.17, 15) is 4.79 Å². The van der Waals surface area contributed by atoms with Crippen molar-refractivity contribution in [1.29, 1.82) is 0 Å². The molecule has 1 rings (SSSR count). The van der Waals surface area contributed by atoms with Crippen LogP contribution < -0.4 is 11.1 Å². The van der Waals surface area contributed by atoms with Crippen molar-refractivity contribution in [2.24, 2.45) is 23.5 Å². The third-order valence-electron chi connectivity index (χ3n) is 4.22. The standard InChI is InChI=1S/C15H31N3O/c1-11-6-12(2)9-18(8-11)15(4,5)10-17-14(19)13(3)7-16/h11-13H,6-10,16H2,1-5H3,(H,17,19). The molecular weight excluding hydrogens is 238 g/mol. The Morgan fingerprint density at radius 1 is 1.37 bits per heavy atom. The quantitative estimate of drug-likeness (QED) is 0.794. The zero-order valence-corrected chi connectivity index (χ0v) is 13.2. The lowest BCUT2D eigenvalue weighted by Crippen LogP contribution is -2.56. The molecule has 1 amide bonds. The Kier molecular flexibility index (Phi) is 5.81. The van der Waals surface area contributed by atoms with Gasteiger partial charge >= 0.3 is 0 Å². The number of rotatable bonds is 5. The number of hydrogen-bond donors (Lipinski definition) is 2. The van der Waals surface area contributed by atoms with Gasteiger partial charge in [0, 0.05) is 37.6 Å². The predicted molar refractivity (Wildman–Crippen MR) is 79.8 cm³/mol. The van der Waals surface area contributed by atoms with Crippen molar-refractivity contribution in [2.45, 2.75) is 46.6 Å². The van der Waals surface area contributed by atoms with Crippen LogP contribution in [0.15, 0.2) is 0 Å². The van der Waals surface area contributed by atoms with E-state index in [1.54, 1.807) is 0 Å². The van der Waals surface area contributed by atoms with Crippen LogP contribution in [0.1, 0.15) is 41.0 Å². The second kappa shape index (κ2) is 6.71. The van der Waals surface area contributed by atoms with Crippen LogP contribution in [0.2, 0.25) is 0 Å². The summed E-state index contributed by atoms with van der Waals surface area (Å²) in [7, 11) is 0. The highest BCUT2D eigenvalue weighted by Gasteiger charge is 2.33. The number of piperidine rings is 1.